The number of rotatable bonds is 4. The lowest BCUT2D eigenvalue weighted by molar-refractivity contribution is -0.116. The van der Waals surface area contributed by atoms with Gasteiger partial charge in [0.05, 0.1) is 0 Å². The van der Waals surface area contributed by atoms with Crippen molar-refractivity contribution >= 4 is 17.2 Å². The molecule has 1 fully saturated rings. The van der Waals surface area contributed by atoms with Gasteiger partial charge in [-0.05, 0) is 61.6 Å². The van der Waals surface area contributed by atoms with E-state index in [0.717, 1.165) is 35.4 Å². The Kier molecular flexibility index (Phi) is 4.65. The van der Waals surface area contributed by atoms with Crippen molar-refractivity contribution in [3.63, 3.8) is 0 Å². The van der Waals surface area contributed by atoms with E-state index in [0.29, 0.717) is 6.54 Å². The Balaban J connectivity index is 1.89. The van der Waals surface area contributed by atoms with E-state index in [1.165, 1.54) is 18.5 Å². The second-order valence-corrected chi connectivity index (χ2v) is 6.22. The lowest BCUT2D eigenvalue weighted by Gasteiger charge is -2.18. The largest absolute Gasteiger partial charge is 0.372 e. The fraction of sp³-hybridized carbons (Fsp3) is 0.350. The predicted molar refractivity (Wildman–Crippen MR) is 96.4 cm³/mol. The van der Waals surface area contributed by atoms with E-state index in [1.807, 2.05) is 26.0 Å². The lowest BCUT2D eigenvalue weighted by Crippen LogP contribution is -2.17. The fourth-order valence-corrected chi connectivity index (χ4v) is 3.19. The van der Waals surface area contributed by atoms with E-state index in [4.69, 9.17) is 0 Å². The van der Waals surface area contributed by atoms with E-state index in [2.05, 4.69) is 40.6 Å². The van der Waals surface area contributed by atoms with Crippen LogP contribution in [0.2, 0.25) is 0 Å². The van der Waals surface area contributed by atoms with Gasteiger partial charge in [0.25, 0.3) is 5.91 Å². The number of allylic oxidation sites excluding steroid dienone is 3. The number of nitrogens with zero attached hydrogens (tertiary/aromatic N) is 1. The number of hydrogen-bond donors (Lipinski definition) is 1. The van der Waals surface area contributed by atoms with Crippen LogP contribution in [0.15, 0.2) is 53.6 Å². The summed E-state index contributed by atoms with van der Waals surface area (Å²) in [6.45, 7) is 6.98. The molecule has 0 atom stereocenters. The van der Waals surface area contributed by atoms with Crippen LogP contribution in [0, 0.1) is 0 Å². The Morgan fingerprint density at radius 1 is 1.17 bits per heavy atom. The zero-order chi connectivity index (χ0) is 16.2. The molecule has 3 heteroatoms. The quantitative estimate of drug-likeness (QED) is 0.860. The van der Waals surface area contributed by atoms with E-state index in [1.54, 1.807) is 0 Å². The molecule has 23 heavy (non-hydrogen) atoms. The van der Waals surface area contributed by atoms with Crippen molar-refractivity contribution in [2.75, 3.05) is 24.5 Å². The predicted octanol–water partition coefficient (Wildman–Crippen LogP) is 3.69. The van der Waals surface area contributed by atoms with Gasteiger partial charge in [0.1, 0.15) is 0 Å². The molecular weight excluding hydrogens is 284 g/mol. The Bertz CT molecular complexity index is 674. The molecule has 0 spiro atoms. The minimum absolute atomic E-state index is 0.0261. The lowest BCUT2D eigenvalue weighted by atomic mass is 10.0. The first-order chi connectivity index (χ1) is 11.2. The molecule has 2 aliphatic rings. The highest BCUT2D eigenvalue weighted by molar-refractivity contribution is 6.02. The van der Waals surface area contributed by atoms with Crippen LogP contribution in [-0.4, -0.2) is 25.5 Å². The van der Waals surface area contributed by atoms with Crippen LogP contribution in [0.1, 0.15) is 32.3 Å². The number of nitrogens with one attached hydrogen (secondary N) is 1. The second-order valence-electron chi connectivity index (χ2n) is 6.22. The van der Waals surface area contributed by atoms with Crippen LogP contribution in [0.5, 0.6) is 0 Å². The fourth-order valence-electron chi connectivity index (χ4n) is 3.19. The molecule has 1 aromatic rings. The molecule has 3 rings (SSSR count). The summed E-state index contributed by atoms with van der Waals surface area (Å²) >= 11 is 0. The molecule has 2 aliphatic heterocycles. The van der Waals surface area contributed by atoms with Crippen LogP contribution in [-0.2, 0) is 4.79 Å². The van der Waals surface area contributed by atoms with E-state index < -0.39 is 0 Å². The van der Waals surface area contributed by atoms with Gasteiger partial charge in [0.2, 0.25) is 0 Å². The summed E-state index contributed by atoms with van der Waals surface area (Å²) in [5, 5.41) is 2.88. The van der Waals surface area contributed by atoms with Gasteiger partial charge in [0.15, 0.2) is 0 Å². The zero-order valence-corrected chi connectivity index (χ0v) is 13.9. The number of benzene rings is 1. The maximum absolute atomic E-state index is 11.9. The molecule has 1 aromatic carbocycles. The molecule has 0 unspecified atom stereocenters. The average Bonchev–Trinajstić information content (AvgIpc) is 3.20. The molecule has 0 bridgehead atoms. The van der Waals surface area contributed by atoms with Crippen molar-refractivity contribution < 1.29 is 4.79 Å². The molecule has 0 aromatic heterocycles. The van der Waals surface area contributed by atoms with E-state index >= 15 is 0 Å². The van der Waals surface area contributed by atoms with Crippen molar-refractivity contribution in [1.82, 2.24) is 5.32 Å². The third-order valence-corrected chi connectivity index (χ3v) is 4.54. The second kappa shape index (κ2) is 6.86. The Hall–Kier alpha value is -2.29. The Labute approximate surface area is 138 Å². The topological polar surface area (TPSA) is 32.3 Å². The zero-order valence-electron chi connectivity index (χ0n) is 13.9. The summed E-state index contributed by atoms with van der Waals surface area (Å²) in [6.07, 6.45) is 8.66. The molecule has 0 aliphatic carbocycles. The first-order valence-corrected chi connectivity index (χ1v) is 8.37. The normalized spacial score (nSPS) is 19.1. The molecule has 2 heterocycles. The van der Waals surface area contributed by atoms with Gasteiger partial charge >= 0.3 is 0 Å². The first kappa shape index (κ1) is 15.6. The summed E-state index contributed by atoms with van der Waals surface area (Å²) in [5.41, 5.74) is 5.41. The minimum Gasteiger partial charge on any atom is -0.372 e. The Morgan fingerprint density at radius 3 is 2.43 bits per heavy atom. The SMILES string of the molecule is C/C=C\C(=C/C1=C(C)CNC1=O)c1ccc(N2CCCC2)cc1. The molecule has 1 N–H and O–H groups in total. The smallest absolute Gasteiger partial charge is 0.251 e. The molecular formula is C20H24N2O. The van der Waals surface area contributed by atoms with E-state index in [9.17, 15) is 4.79 Å². The standard InChI is InChI=1S/C20H24N2O/c1-3-6-17(13-19-15(2)14-21-20(19)23)16-7-9-18(10-8-16)22-11-4-5-12-22/h3,6-10,13H,4-5,11-12,14H2,1-2H3,(H,21,23)/b6-3-,17-13+. The average molecular weight is 308 g/mol. The number of carbonyl (C=O) groups excluding carboxylic acids is 1. The van der Waals surface area contributed by atoms with Crippen LogP contribution in [0.4, 0.5) is 5.69 Å². The maximum Gasteiger partial charge on any atom is 0.251 e. The van der Waals surface area contributed by atoms with E-state index in [-0.39, 0.29) is 5.91 Å². The van der Waals surface area contributed by atoms with Crippen LogP contribution >= 0.6 is 0 Å². The molecule has 1 saturated heterocycles. The minimum atomic E-state index is 0.0261. The van der Waals surface area contributed by atoms with Gasteiger partial charge in [-0.2, -0.15) is 0 Å². The summed E-state index contributed by atoms with van der Waals surface area (Å²) in [7, 11) is 0. The van der Waals surface area contributed by atoms with Crippen molar-refractivity contribution in [1.29, 1.82) is 0 Å². The highest BCUT2D eigenvalue weighted by Gasteiger charge is 2.18. The van der Waals surface area contributed by atoms with Crippen molar-refractivity contribution in [2.45, 2.75) is 26.7 Å². The maximum atomic E-state index is 11.9. The summed E-state index contributed by atoms with van der Waals surface area (Å²) in [6, 6.07) is 8.69. The van der Waals surface area contributed by atoms with Crippen molar-refractivity contribution in [3.8, 4) is 0 Å². The van der Waals surface area contributed by atoms with Gasteiger partial charge in [-0.15, -0.1) is 0 Å². The summed E-state index contributed by atoms with van der Waals surface area (Å²) in [4.78, 5) is 14.4. The van der Waals surface area contributed by atoms with Gasteiger partial charge in [0, 0.05) is 30.9 Å². The highest BCUT2D eigenvalue weighted by atomic mass is 16.1. The van der Waals surface area contributed by atoms with Gasteiger partial charge < -0.3 is 10.2 Å². The van der Waals surface area contributed by atoms with Crippen LogP contribution in [0.3, 0.4) is 0 Å². The van der Waals surface area contributed by atoms with Gasteiger partial charge in [-0.1, -0.05) is 24.3 Å². The first-order valence-electron chi connectivity index (χ1n) is 8.37. The summed E-state index contributed by atoms with van der Waals surface area (Å²) in [5.74, 6) is 0.0261. The third-order valence-electron chi connectivity index (χ3n) is 4.54. The molecule has 0 radical (unpaired) electrons. The van der Waals surface area contributed by atoms with Crippen LogP contribution in [0.25, 0.3) is 5.57 Å². The molecule has 3 nitrogen and oxygen atoms in total. The summed E-state index contributed by atoms with van der Waals surface area (Å²) < 4.78 is 0. The van der Waals surface area contributed by atoms with Gasteiger partial charge in [-0.3, -0.25) is 4.79 Å². The van der Waals surface area contributed by atoms with Crippen LogP contribution < -0.4 is 10.2 Å². The molecule has 0 saturated carbocycles. The highest BCUT2D eigenvalue weighted by Crippen LogP contribution is 2.26. The number of amides is 1. The number of carbonyl (C=O) groups is 1. The van der Waals surface area contributed by atoms with Crippen molar-refractivity contribution in [2.24, 2.45) is 0 Å². The molecule has 120 valence electrons. The van der Waals surface area contributed by atoms with Gasteiger partial charge in [-0.25, -0.2) is 0 Å². The monoisotopic (exact) mass is 308 g/mol. The Morgan fingerprint density at radius 2 is 1.87 bits per heavy atom. The number of hydrogen-bond acceptors (Lipinski definition) is 2. The molecule has 1 amide bonds. The number of anilines is 1. The third kappa shape index (κ3) is 3.39. The van der Waals surface area contributed by atoms with Crippen molar-refractivity contribution in [3.05, 3.63) is 59.2 Å².